The van der Waals surface area contributed by atoms with Crippen molar-refractivity contribution in [3.05, 3.63) is 70.1 Å². The van der Waals surface area contributed by atoms with Gasteiger partial charge in [0.25, 0.3) is 0 Å². The van der Waals surface area contributed by atoms with Crippen LogP contribution >= 0.6 is 0 Å². The fourth-order valence-electron chi connectivity index (χ4n) is 3.97. The van der Waals surface area contributed by atoms with Gasteiger partial charge in [0.2, 0.25) is 11.8 Å². The molecule has 0 unspecified atom stereocenters. The summed E-state index contributed by atoms with van der Waals surface area (Å²) in [6, 6.07) is 5.77. The van der Waals surface area contributed by atoms with E-state index in [0.717, 1.165) is 23.6 Å². The van der Waals surface area contributed by atoms with Crippen LogP contribution in [0.5, 0.6) is 5.88 Å². The number of hydrogen-bond acceptors (Lipinski definition) is 6. The second-order valence-corrected chi connectivity index (χ2v) is 8.83. The van der Waals surface area contributed by atoms with Gasteiger partial charge in [-0.15, -0.1) is 12.7 Å². The van der Waals surface area contributed by atoms with Crippen molar-refractivity contribution in [2.75, 3.05) is 14.2 Å². The molecule has 8 nitrogen and oxygen atoms in total. The van der Waals surface area contributed by atoms with Crippen LogP contribution in [0, 0.1) is 17.1 Å². The molecule has 1 aliphatic carbocycles. The molecule has 1 aliphatic rings. The summed E-state index contributed by atoms with van der Waals surface area (Å²) < 4.78 is 66.1. The Morgan fingerprint density at radius 3 is 2.44 bits per heavy atom. The molecule has 13 heteroatoms. The smallest absolute Gasteiger partial charge is 0.689 e. The van der Waals surface area contributed by atoms with Gasteiger partial charge in [-0.25, -0.2) is 14.4 Å². The number of nitrogens with zero attached hydrogens (tertiary/aromatic N) is 5. The first-order chi connectivity index (χ1) is 18.0. The number of allylic oxidation sites excluding steroid dienone is 1. The average Bonchev–Trinajstić information content (AvgIpc) is 3.65. The third kappa shape index (κ3) is 7.26. The van der Waals surface area contributed by atoms with Gasteiger partial charge in [-0.3, -0.25) is 5.41 Å². The van der Waals surface area contributed by atoms with Crippen LogP contribution in [0.2, 0.25) is 0 Å². The zero-order valence-corrected chi connectivity index (χ0v) is 25.5. The minimum atomic E-state index is -4.63. The Kier molecular flexibility index (Phi) is 10.3. The molecule has 1 saturated carbocycles. The van der Waals surface area contributed by atoms with Gasteiger partial charge >= 0.3 is 57.6 Å². The van der Waals surface area contributed by atoms with Crippen molar-refractivity contribution in [2.45, 2.75) is 39.0 Å². The average molecular weight is 571 g/mol. The maximum absolute atomic E-state index is 14.9. The summed E-state index contributed by atoms with van der Waals surface area (Å²) in [4.78, 5) is 12.6. The van der Waals surface area contributed by atoms with E-state index >= 15 is 0 Å². The number of aromatic nitrogens is 4. The van der Waals surface area contributed by atoms with Crippen LogP contribution in [0.3, 0.4) is 0 Å². The van der Waals surface area contributed by atoms with Crippen molar-refractivity contribution >= 4 is 11.5 Å². The summed E-state index contributed by atoms with van der Waals surface area (Å²) in [6.07, 6.45) is -1.32. The van der Waals surface area contributed by atoms with E-state index < -0.39 is 17.7 Å². The summed E-state index contributed by atoms with van der Waals surface area (Å²) in [5, 5.41) is 12.7. The van der Waals surface area contributed by atoms with E-state index in [4.69, 9.17) is 14.9 Å². The van der Waals surface area contributed by atoms with Crippen molar-refractivity contribution in [2.24, 2.45) is 13.0 Å². The monoisotopic (exact) mass is 570 g/mol. The van der Waals surface area contributed by atoms with E-state index in [9.17, 15) is 17.6 Å². The second kappa shape index (κ2) is 12.9. The third-order valence-corrected chi connectivity index (χ3v) is 6.06. The normalized spacial score (nSPS) is 13.8. The minimum absolute atomic E-state index is 0. The number of nitrogens with one attached hydrogen (secondary N) is 1. The van der Waals surface area contributed by atoms with Crippen molar-refractivity contribution in [1.82, 2.24) is 19.5 Å². The Hall–Kier alpha value is -2.32. The predicted octanol–water partition coefficient (Wildman–Crippen LogP) is 2.93. The van der Waals surface area contributed by atoms with Crippen LogP contribution in [0.15, 0.2) is 36.2 Å². The first-order valence-corrected chi connectivity index (χ1v) is 11.9. The minimum Gasteiger partial charge on any atom is -0.689 e. The molecule has 3 aromatic rings. The van der Waals surface area contributed by atoms with Crippen LogP contribution in [0.25, 0.3) is 22.3 Å². The number of alkyl halides is 3. The first kappa shape index (κ1) is 31.2. The van der Waals surface area contributed by atoms with Gasteiger partial charge in [0.15, 0.2) is 11.5 Å². The van der Waals surface area contributed by atoms with E-state index in [0.29, 0.717) is 28.9 Å². The zero-order chi connectivity index (χ0) is 27.6. The number of methoxy groups -OCH3 is 1. The molecule has 0 radical (unpaired) electrons. The fraction of sp³-hybridized carbons (Fsp3) is 0.385. The van der Waals surface area contributed by atoms with Gasteiger partial charge < -0.3 is 19.4 Å². The van der Waals surface area contributed by atoms with E-state index in [1.807, 2.05) is 6.92 Å². The summed E-state index contributed by atoms with van der Waals surface area (Å²) in [5.41, 5.74) is 1.07. The largest absolute Gasteiger partial charge is 1.00 e. The van der Waals surface area contributed by atoms with Gasteiger partial charge in [-0.05, 0) is 42.9 Å². The molecule has 0 amide bonds. The van der Waals surface area contributed by atoms with Crippen LogP contribution in [-0.4, -0.2) is 39.6 Å². The van der Waals surface area contributed by atoms with E-state index in [-0.39, 0.29) is 92.9 Å². The number of aryl methyl sites for hydroxylation is 2. The fourth-order valence-corrected chi connectivity index (χ4v) is 3.97. The number of imidazole rings is 1. The Morgan fingerprint density at radius 2 is 1.90 bits per heavy atom. The Morgan fingerprint density at radius 1 is 1.18 bits per heavy atom. The molecule has 1 N–H and O–H groups in total. The summed E-state index contributed by atoms with van der Waals surface area (Å²) >= 11 is 0. The van der Waals surface area contributed by atoms with Crippen molar-refractivity contribution in [3.8, 4) is 17.3 Å². The van der Waals surface area contributed by atoms with Gasteiger partial charge in [0, 0.05) is 25.0 Å². The Labute approximate surface area is 266 Å². The first-order valence-electron chi connectivity index (χ1n) is 11.9. The van der Waals surface area contributed by atoms with Crippen LogP contribution < -0.4 is 56.1 Å². The quantitative estimate of drug-likeness (QED) is 0.185. The molecule has 0 atom stereocenters. The molecule has 2 heterocycles. The van der Waals surface area contributed by atoms with Crippen molar-refractivity contribution < 1.29 is 78.4 Å². The van der Waals surface area contributed by atoms with Crippen LogP contribution in [0.4, 0.5) is 17.6 Å². The zero-order valence-electron chi connectivity index (χ0n) is 22.4. The van der Waals surface area contributed by atoms with E-state index in [1.165, 1.54) is 26.3 Å². The summed E-state index contributed by atoms with van der Waals surface area (Å²) in [5.74, 6) is -0.265. The van der Waals surface area contributed by atoms with Crippen LogP contribution in [-0.2, 0) is 31.0 Å². The predicted molar refractivity (Wildman–Crippen MR) is 133 cm³/mol. The molecule has 0 spiro atoms. The van der Waals surface area contributed by atoms with Crippen LogP contribution in [0.1, 0.15) is 42.5 Å². The Bertz CT molecular complexity index is 1390. The number of ether oxygens (including phenoxy) is 2. The SMILES string of the molecule is CCc1cc(OCc2ccc(-c3nc(C(F)(F)F)cn3C)c(F)c2)nc(/C(C(=N)OC)=C(/[N-]C)C2CC2)n1.[K+]. The third-order valence-electron chi connectivity index (χ3n) is 6.06. The maximum atomic E-state index is 14.9. The van der Waals surface area contributed by atoms with Crippen molar-refractivity contribution in [3.63, 3.8) is 0 Å². The number of hydrogen-bond donors (Lipinski definition) is 1. The number of rotatable bonds is 9. The number of benzene rings is 1. The summed E-state index contributed by atoms with van der Waals surface area (Å²) in [6.45, 7) is 1.86. The second-order valence-electron chi connectivity index (χ2n) is 8.83. The van der Waals surface area contributed by atoms with Crippen molar-refractivity contribution in [1.29, 1.82) is 5.41 Å². The molecule has 2 aromatic heterocycles. The molecular weight excluding hydrogens is 543 g/mol. The molecule has 0 aliphatic heterocycles. The van der Waals surface area contributed by atoms with E-state index in [1.54, 1.807) is 19.2 Å². The molecule has 202 valence electrons. The van der Waals surface area contributed by atoms with Gasteiger partial charge in [-0.1, -0.05) is 13.0 Å². The Balaban J connectivity index is 0.00000420. The van der Waals surface area contributed by atoms with Gasteiger partial charge in [0.1, 0.15) is 18.2 Å². The molecule has 1 aromatic carbocycles. The molecular formula is C26H27F4KN6O2. The number of halogens is 4. The summed E-state index contributed by atoms with van der Waals surface area (Å²) in [7, 11) is 4.43. The molecule has 0 saturated heterocycles. The topological polar surface area (TPSA) is 100 Å². The standard InChI is InChI=1S/C26H27F4N6O2.K/c1-5-16-11-20(35-24(33-16)21(23(31)37-4)22(32-2)15-7-8-15)38-13-14-6-9-17(18(27)10-14)25-34-19(12-36(25)3)26(28,29)30;/h6,9-12,15,31H,5,7-8,13H2,1-4H3;/q-1;+1/b22-21+,31-23?;. The molecule has 4 rings (SSSR count). The van der Waals surface area contributed by atoms with Gasteiger partial charge in [-0.2, -0.15) is 18.2 Å². The van der Waals surface area contributed by atoms with E-state index in [2.05, 4.69) is 20.3 Å². The maximum Gasteiger partial charge on any atom is 1.00 e. The molecule has 1 fully saturated rings. The van der Waals surface area contributed by atoms with Gasteiger partial charge in [0.05, 0.1) is 18.2 Å². The molecule has 39 heavy (non-hydrogen) atoms. The molecule has 0 bridgehead atoms.